The number of anilines is 2. The lowest BCUT2D eigenvalue weighted by molar-refractivity contribution is 0.122. The maximum absolute atomic E-state index is 12.7. The second kappa shape index (κ2) is 12.3. The van der Waals surface area contributed by atoms with Crippen LogP contribution in [0.5, 0.6) is 11.5 Å². The van der Waals surface area contributed by atoms with Crippen molar-refractivity contribution in [3.8, 4) is 22.8 Å². The number of aromatic amines is 1. The lowest BCUT2D eigenvalue weighted by Gasteiger charge is -2.38. The van der Waals surface area contributed by atoms with Crippen LogP contribution < -0.4 is 20.5 Å². The van der Waals surface area contributed by atoms with Gasteiger partial charge in [0.1, 0.15) is 11.5 Å². The van der Waals surface area contributed by atoms with E-state index in [2.05, 4.69) is 93.8 Å². The van der Waals surface area contributed by atoms with Gasteiger partial charge >= 0.3 is 0 Å². The summed E-state index contributed by atoms with van der Waals surface area (Å²) >= 11 is 0. The highest BCUT2D eigenvalue weighted by atomic mass is 16.5. The van der Waals surface area contributed by atoms with Crippen LogP contribution in [0.15, 0.2) is 83.7 Å². The van der Waals surface area contributed by atoms with E-state index in [1.54, 1.807) is 6.07 Å². The smallest absolute Gasteiger partial charge is 0.250 e. The molecule has 0 bridgehead atoms. The highest BCUT2D eigenvalue weighted by Crippen LogP contribution is 2.43. The molecular formula is C36H40N4O3. The van der Waals surface area contributed by atoms with Crippen molar-refractivity contribution in [1.82, 2.24) is 9.88 Å². The van der Waals surface area contributed by atoms with E-state index in [1.165, 1.54) is 11.1 Å². The Morgan fingerprint density at radius 1 is 0.907 bits per heavy atom. The number of H-pyrrole nitrogens is 1. The van der Waals surface area contributed by atoms with Crippen molar-refractivity contribution >= 4 is 11.4 Å². The van der Waals surface area contributed by atoms with Crippen molar-refractivity contribution in [1.29, 1.82) is 0 Å². The third-order valence-corrected chi connectivity index (χ3v) is 9.16. The normalized spacial score (nSPS) is 17.9. The number of likely N-dealkylation sites (tertiary alicyclic amines) is 1. The summed E-state index contributed by atoms with van der Waals surface area (Å²) in [6.45, 7) is 7.40. The minimum atomic E-state index is -0.111. The van der Waals surface area contributed by atoms with Crippen LogP contribution in [-0.4, -0.2) is 55.3 Å². The summed E-state index contributed by atoms with van der Waals surface area (Å²) in [6, 6.07) is 28.3. The van der Waals surface area contributed by atoms with Gasteiger partial charge in [-0.2, -0.15) is 0 Å². The largest absolute Gasteiger partial charge is 0.456 e. The van der Waals surface area contributed by atoms with E-state index in [4.69, 9.17) is 9.47 Å². The summed E-state index contributed by atoms with van der Waals surface area (Å²) in [5.74, 6) is 1.70. The van der Waals surface area contributed by atoms with Crippen LogP contribution in [-0.2, 0) is 11.2 Å². The molecule has 2 saturated heterocycles. The molecule has 7 heteroatoms. The minimum absolute atomic E-state index is 0.111. The first-order valence-corrected chi connectivity index (χ1v) is 15.7. The third kappa shape index (κ3) is 5.92. The highest BCUT2D eigenvalue weighted by Gasteiger charge is 2.26. The molecule has 1 unspecified atom stereocenters. The van der Waals surface area contributed by atoms with Gasteiger partial charge in [-0.3, -0.25) is 9.69 Å². The van der Waals surface area contributed by atoms with E-state index in [1.807, 2.05) is 6.07 Å². The standard InChI is InChI=1S/C36H40N4O3/c1-2-33(25-7-4-3-5-8-25)40-15-13-28(14-16-40)37-29-11-12-34-27(22-29)21-26-9-6-10-31(36(26)43-34)32-23-30(24-35(41)38-32)39-17-19-42-20-18-39/h3-12,22-24,28,33,37H,2,13-21H2,1H3,(H,38,41). The molecule has 4 heterocycles. The second-order valence-electron chi connectivity index (χ2n) is 11.9. The molecule has 4 aromatic rings. The number of para-hydroxylation sites is 1. The summed E-state index contributed by atoms with van der Waals surface area (Å²) in [5, 5.41) is 3.82. The lowest BCUT2D eigenvalue weighted by Crippen LogP contribution is -2.41. The number of piperidine rings is 1. The molecule has 0 radical (unpaired) electrons. The predicted octanol–water partition coefficient (Wildman–Crippen LogP) is 6.60. The average molecular weight is 577 g/mol. The minimum Gasteiger partial charge on any atom is -0.456 e. The molecule has 7 rings (SSSR count). The second-order valence-corrected chi connectivity index (χ2v) is 11.9. The maximum Gasteiger partial charge on any atom is 0.250 e. The number of morpholine rings is 1. The number of aromatic nitrogens is 1. The molecule has 7 nitrogen and oxygen atoms in total. The maximum atomic E-state index is 12.7. The van der Waals surface area contributed by atoms with Crippen molar-refractivity contribution in [2.75, 3.05) is 49.6 Å². The fraction of sp³-hybridized carbons (Fsp3) is 0.361. The van der Waals surface area contributed by atoms with Gasteiger partial charge in [-0.05, 0) is 60.7 Å². The summed E-state index contributed by atoms with van der Waals surface area (Å²) < 4.78 is 12.0. The van der Waals surface area contributed by atoms with Crippen LogP contribution >= 0.6 is 0 Å². The number of benzene rings is 3. The van der Waals surface area contributed by atoms with E-state index >= 15 is 0 Å². The zero-order chi connectivity index (χ0) is 29.2. The van der Waals surface area contributed by atoms with Crippen LogP contribution in [0.4, 0.5) is 11.4 Å². The summed E-state index contributed by atoms with van der Waals surface area (Å²) in [4.78, 5) is 20.6. The molecule has 2 fully saturated rings. The van der Waals surface area contributed by atoms with Gasteiger partial charge in [-0.1, -0.05) is 49.4 Å². The quantitative estimate of drug-likeness (QED) is 0.228. The van der Waals surface area contributed by atoms with Crippen LogP contribution in [0.25, 0.3) is 11.3 Å². The Bertz CT molecular complexity index is 1620. The molecule has 0 saturated carbocycles. The molecule has 43 heavy (non-hydrogen) atoms. The number of hydrogen-bond acceptors (Lipinski definition) is 6. The van der Waals surface area contributed by atoms with Gasteiger partial charge in [-0.15, -0.1) is 0 Å². The molecule has 1 aromatic heterocycles. The molecule has 3 aliphatic heterocycles. The zero-order valence-corrected chi connectivity index (χ0v) is 24.9. The summed E-state index contributed by atoms with van der Waals surface area (Å²) in [5.41, 5.74) is 7.37. The lowest BCUT2D eigenvalue weighted by atomic mass is 9.95. The Morgan fingerprint density at radius 2 is 1.72 bits per heavy atom. The Morgan fingerprint density at radius 3 is 2.51 bits per heavy atom. The first-order valence-electron chi connectivity index (χ1n) is 15.7. The SMILES string of the molecule is CCC(c1ccccc1)N1CCC(Nc2ccc3c(c2)Cc2cccc(-c4cc(N5CCOCC5)cc(=O)[nH]4)c2O3)CC1. The van der Waals surface area contributed by atoms with Crippen LogP contribution in [0.3, 0.4) is 0 Å². The molecule has 2 N–H and O–H groups in total. The van der Waals surface area contributed by atoms with Crippen LogP contribution in [0.1, 0.15) is 48.9 Å². The van der Waals surface area contributed by atoms with Crippen LogP contribution in [0, 0.1) is 0 Å². The molecular weight excluding hydrogens is 536 g/mol. The average Bonchev–Trinajstić information content (AvgIpc) is 3.05. The van der Waals surface area contributed by atoms with Gasteiger partial charge < -0.3 is 24.7 Å². The Labute approximate surface area is 253 Å². The van der Waals surface area contributed by atoms with Gasteiger partial charge in [0.2, 0.25) is 5.56 Å². The van der Waals surface area contributed by atoms with Gasteiger partial charge in [0.15, 0.2) is 0 Å². The van der Waals surface area contributed by atoms with Gasteiger partial charge in [-0.25, -0.2) is 0 Å². The Kier molecular flexibility index (Phi) is 7.92. The number of ether oxygens (including phenoxy) is 2. The molecule has 0 amide bonds. The fourth-order valence-electron chi connectivity index (χ4n) is 6.93. The number of hydrogen-bond donors (Lipinski definition) is 2. The topological polar surface area (TPSA) is 69.8 Å². The monoisotopic (exact) mass is 576 g/mol. The number of pyridine rings is 1. The van der Waals surface area contributed by atoms with Crippen LogP contribution in [0.2, 0.25) is 0 Å². The zero-order valence-electron chi connectivity index (χ0n) is 24.9. The predicted molar refractivity (Wildman–Crippen MR) is 173 cm³/mol. The number of nitrogens with zero attached hydrogens (tertiary/aromatic N) is 2. The van der Waals surface area contributed by atoms with E-state index in [0.717, 1.165) is 91.6 Å². The number of rotatable bonds is 7. The Balaban J connectivity index is 1.04. The molecule has 0 aliphatic carbocycles. The first kappa shape index (κ1) is 27.7. The van der Waals surface area contributed by atoms with E-state index < -0.39 is 0 Å². The van der Waals surface area contributed by atoms with Crippen molar-refractivity contribution in [3.05, 3.63) is 106 Å². The van der Waals surface area contributed by atoms with Crippen molar-refractivity contribution in [3.63, 3.8) is 0 Å². The van der Waals surface area contributed by atoms with E-state index in [-0.39, 0.29) is 5.56 Å². The van der Waals surface area contributed by atoms with Gasteiger partial charge in [0.05, 0.1) is 18.9 Å². The van der Waals surface area contributed by atoms with Gasteiger partial charge in [0, 0.05) is 73.3 Å². The number of nitrogens with one attached hydrogen (secondary N) is 2. The van der Waals surface area contributed by atoms with Gasteiger partial charge in [0.25, 0.3) is 0 Å². The molecule has 3 aromatic carbocycles. The molecule has 0 spiro atoms. The van der Waals surface area contributed by atoms with Crippen molar-refractivity contribution in [2.45, 2.75) is 44.7 Å². The van der Waals surface area contributed by atoms with Crippen molar-refractivity contribution < 1.29 is 9.47 Å². The van der Waals surface area contributed by atoms with E-state index in [9.17, 15) is 4.79 Å². The molecule has 1 atom stereocenters. The number of fused-ring (bicyclic) bond motifs is 2. The summed E-state index contributed by atoms with van der Waals surface area (Å²) in [6.07, 6.45) is 4.18. The van der Waals surface area contributed by atoms with Crippen molar-refractivity contribution in [2.24, 2.45) is 0 Å². The van der Waals surface area contributed by atoms with E-state index in [0.29, 0.717) is 25.3 Å². The third-order valence-electron chi connectivity index (χ3n) is 9.16. The molecule has 222 valence electrons. The first-order chi connectivity index (χ1) is 21.1. The summed E-state index contributed by atoms with van der Waals surface area (Å²) in [7, 11) is 0. The fourth-order valence-corrected chi connectivity index (χ4v) is 6.93. The highest BCUT2D eigenvalue weighted by molar-refractivity contribution is 5.74. The molecule has 3 aliphatic rings. The Hall–Kier alpha value is -4.07.